The number of anilines is 1. The second-order valence-corrected chi connectivity index (χ2v) is 9.19. The van der Waals surface area contributed by atoms with Crippen molar-refractivity contribution in [2.75, 3.05) is 38.2 Å². The van der Waals surface area contributed by atoms with Gasteiger partial charge >= 0.3 is 11.7 Å². The quantitative estimate of drug-likeness (QED) is 0.363. The summed E-state index contributed by atoms with van der Waals surface area (Å²) >= 11 is 0. The number of methoxy groups -OCH3 is 1. The van der Waals surface area contributed by atoms with Gasteiger partial charge in [-0.05, 0) is 42.3 Å². The molecule has 0 aliphatic carbocycles. The van der Waals surface area contributed by atoms with Crippen molar-refractivity contribution in [2.45, 2.75) is 19.0 Å². The van der Waals surface area contributed by atoms with Gasteiger partial charge < -0.3 is 9.64 Å². The molecule has 0 saturated carbocycles. The number of hydrogen-bond acceptors (Lipinski definition) is 6. The number of esters is 1. The first-order valence-electron chi connectivity index (χ1n) is 12.5. The van der Waals surface area contributed by atoms with Gasteiger partial charge in [-0.2, -0.15) is 5.10 Å². The van der Waals surface area contributed by atoms with Crippen molar-refractivity contribution in [3.63, 3.8) is 0 Å². The Morgan fingerprint density at radius 1 is 0.811 bits per heavy atom. The molecule has 5 rings (SSSR count). The number of hydrogen-bond donors (Lipinski definition) is 0. The van der Waals surface area contributed by atoms with Gasteiger partial charge in [0.15, 0.2) is 0 Å². The molecule has 4 aromatic rings. The Morgan fingerprint density at radius 2 is 1.38 bits per heavy atom. The van der Waals surface area contributed by atoms with Gasteiger partial charge in [-0.3, -0.25) is 4.90 Å². The van der Waals surface area contributed by atoms with Gasteiger partial charge in [0, 0.05) is 31.9 Å². The summed E-state index contributed by atoms with van der Waals surface area (Å²) in [4.78, 5) is 30.1. The molecule has 0 bridgehead atoms. The smallest absolute Gasteiger partial charge is 0.350 e. The van der Waals surface area contributed by atoms with Crippen LogP contribution in [0.15, 0.2) is 96.1 Å². The molecule has 2 heterocycles. The molecule has 1 aliphatic rings. The van der Waals surface area contributed by atoms with E-state index in [0.29, 0.717) is 0 Å². The lowest BCUT2D eigenvalue weighted by Crippen LogP contribution is -2.49. The van der Waals surface area contributed by atoms with Crippen LogP contribution in [0, 0.1) is 0 Å². The van der Waals surface area contributed by atoms with Gasteiger partial charge in [0.25, 0.3) is 0 Å². The fraction of sp³-hybridized carbons (Fsp3) is 0.276. The van der Waals surface area contributed by atoms with E-state index < -0.39 is 6.04 Å². The molecule has 0 amide bonds. The van der Waals surface area contributed by atoms with Crippen molar-refractivity contribution in [1.29, 1.82) is 0 Å². The number of nitrogens with zero attached hydrogens (tertiary/aromatic N) is 5. The molecule has 0 spiro atoms. The summed E-state index contributed by atoms with van der Waals surface area (Å²) in [6.07, 6.45) is 1.58. The second-order valence-electron chi connectivity index (χ2n) is 9.19. The molecule has 1 aromatic heterocycles. The van der Waals surface area contributed by atoms with Crippen LogP contribution >= 0.6 is 0 Å². The van der Waals surface area contributed by atoms with Gasteiger partial charge in [-0.25, -0.2) is 18.8 Å². The van der Waals surface area contributed by atoms with Gasteiger partial charge in [0.1, 0.15) is 12.4 Å². The van der Waals surface area contributed by atoms with E-state index in [9.17, 15) is 9.59 Å². The average molecular weight is 498 g/mol. The van der Waals surface area contributed by atoms with Gasteiger partial charge in [0.2, 0.25) is 0 Å². The molecule has 3 aromatic carbocycles. The van der Waals surface area contributed by atoms with Crippen molar-refractivity contribution in [1.82, 2.24) is 19.2 Å². The zero-order valence-electron chi connectivity index (χ0n) is 21.1. The molecule has 0 radical (unpaired) electrons. The van der Waals surface area contributed by atoms with Crippen LogP contribution in [0.4, 0.5) is 5.69 Å². The number of piperazine rings is 1. The Labute approximate surface area is 216 Å². The highest BCUT2D eigenvalue weighted by atomic mass is 16.5. The van der Waals surface area contributed by atoms with E-state index in [-0.39, 0.29) is 17.7 Å². The van der Waals surface area contributed by atoms with Crippen LogP contribution in [0.2, 0.25) is 0 Å². The minimum Gasteiger partial charge on any atom is -0.468 e. The average Bonchev–Trinajstić information content (AvgIpc) is 3.35. The Morgan fingerprint density at radius 3 is 1.97 bits per heavy atom. The topological polar surface area (TPSA) is 72.6 Å². The lowest BCUT2D eigenvalue weighted by atomic mass is 10.0. The van der Waals surface area contributed by atoms with Crippen molar-refractivity contribution >= 4 is 11.7 Å². The van der Waals surface area contributed by atoms with Gasteiger partial charge in [-0.1, -0.05) is 60.7 Å². The van der Waals surface area contributed by atoms with Crippen molar-refractivity contribution < 1.29 is 9.53 Å². The minimum atomic E-state index is -0.405. The van der Waals surface area contributed by atoms with Gasteiger partial charge in [-0.15, -0.1) is 0 Å². The third-order valence-electron chi connectivity index (χ3n) is 7.05. The van der Waals surface area contributed by atoms with Crippen LogP contribution in [0.5, 0.6) is 0 Å². The Hall–Kier alpha value is -4.17. The molecule has 1 saturated heterocycles. The van der Waals surface area contributed by atoms with Crippen LogP contribution in [-0.2, 0) is 9.53 Å². The molecular formula is C29H31N5O3. The first-order chi connectivity index (χ1) is 18.1. The SMILES string of the molecule is COC(=O)[C@H](c1ccccc1)N1CCN(c2ccc(-n3cnn([C@H](C)c4ccccc4)c3=O)cc2)CC1. The predicted octanol–water partition coefficient (Wildman–Crippen LogP) is 3.68. The van der Waals surface area contributed by atoms with Crippen molar-refractivity contribution in [3.05, 3.63) is 113 Å². The minimum absolute atomic E-state index is 0.157. The standard InChI is InChI=1S/C29H31N5O3/c1-22(23-9-5-3-6-10-23)34-29(36)33(21-30-34)26-15-13-25(14-16-26)31-17-19-32(20-18-31)27(28(35)37-2)24-11-7-4-8-12-24/h3-16,21-22,27H,17-20H2,1-2H3/t22-,27+/m1/s1. The lowest BCUT2D eigenvalue weighted by molar-refractivity contribution is -0.147. The zero-order valence-corrected chi connectivity index (χ0v) is 21.1. The Bertz CT molecular complexity index is 1370. The summed E-state index contributed by atoms with van der Waals surface area (Å²) in [6.45, 7) is 5.01. The number of aromatic nitrogens is 3. The zero-order chi connectivity index (χ0) is 25.8. The highest BCUT2D eigenvalue weighted by molar-refractivity contribution is 5.77. The van der Waals surface area contributed by atoms with Crippen LogP contribution in [0.1, 0.15) is 30.1 Å². The highest BCUT2D eigenvalue weighted by Crippen LogP contribution is 2.26. The largest absolute Gasteiger partial charge is 0.468 e. The van der Waals surface area contributed by atoms with E-state index in [1.165, 1.54) is 11.8 Å². The molecule has 1 aliphatic heterocycles. The number of ether oxygens (including phenoxy) is 1. The summed E-state index contributed by atoms with van der Waals surface area (Å²) in [7, 11) is 1.44. The number of rotatable bonds is 7. The maximum absolute atomic E-state index is 13.1. The summed E-state index contributed by atoms with van der Waals surface area (Å²) in [5.74, 6) is -0.239. The van der Waals surface area contributed by atoms with E-state index in [1.54, 1.807) is 10.9 Å². The van der Waals surface area contributed by atoms with E-state index in [1.807, 2.05) is 91.9 Å². The maximum Gasteiger partial charge on any atom is 0.350 e. The van der Waals surface area contributed by atoms with Crippen LogP contribution < -0.4 is 10.6 Å². The van der Waals surface area contributed by atoms with Crippen LogP contribution in [0.25, 0.3) is 5.69 Å². The normalized spacial score (nSPS) is 15.8. The summed E-state index contributed by atoms with van der Waals surface area (Å²) in [5, 5.41) is 4.37. The molecule has 37 heavy (non-hydrogen) atoms. The van der Waals surface area contributed by atoms with E-state index in [4.69, 9.17) is 4.74 Å². The molecule has 8 nitrogen and oxygen atoms in total. The fourth-order valence-electron chi connectivity index (χ4n) is 4.94. The molecule has 0 N–H and O–H groups in total. The Balaban J connectivity index is 1.27. The van der Waals surface area contributed by atoms with E-state index in [2.05, 4.69) is 14.9 Å². The number of carbonyl (C=O) groups excluding carboxylic acids is 1. The van der Waals surface area contributed by atoms with E-state index in [0.717, 1.165) is 48.7 Å². The van der Waals surface area contributed by atoms with E-state index >= 15 is 0 Å². The predicted molar refractivity (Wildman–Crippen MR) is 143 cm³/mol. The molecule has 0 unspecified atom stereocenters. The Kier molecular flexibility index (Phi) is 7.18. The third kappa shape index (κ3) is 5.06. The summed E-state index contributed by atoms with van der Waals surface area (Å²) in [6, 6.07) is 27.1. The second kappa shape index (κ2) is 10.8. The highest BCUT2D eigenvalue weighted by Gasteiger charge is 2.31. The molecule has 2 atom stereocenters. The molecule has 1 fully saturated rings. The number of carbonyl (C=O) groups is 1. The summed E-state index contributed by atoms with van der Waals surface area (Å²) in [5.41, 5.74) is 3.66. The fourth-order valence-corrected chi connectivity index (χ4v) is 4.94. The molecule has 190 valence electrons. The number of benzene rings is 3. The monoisotopic (exact) mass is 497 g/mol. The lowest BCUT2D eigenvalue weighted by Gasteiger charge is -2.39. The molecule has 8 heteroatoms. The third-order valence-corrected chi connectivity index (χ3v) is 7.05. The molecular weight excluding hydrogens is 466 g/mol. The maximum atomic E-state index is 13.1. The van der Waals surface area contributed by atoms with Gasteiger partial charge in [0.05, 0.1) is 18.8 Å². The summed E-state index contributed by atoms with van der Waals surface area (Å²) < 4.78 is 8.19. The first-order valence-corrected chi connectivity index (χ1v) is 12.5. The van der Waals surface area contributed by atoms with Crippen LogP contribution in [-0.4, -0.2) is 58.5 Å². The first kappa shape index (κ1) is 24.5. The van der Waals surface area contributed by atoms with Crippen LogP contribution in [0.3, 0.4) is 0 Å². The van der Waals surface area contributed by atoms with Crippen molar-refractivity contribution in [3.8, 4) is 5.69 Å². The van der Waals surface area contributed by atoms with Crippen molar-refractivity contribution in [2.24, 2.45) is 0 Å².